The van der Waals surface area contributed by atoms with Crippen molar-refractivity contribution in [1.29, 1.82) is 0 Å². The molecule has 22 heavy (non-hydrogen) atoms. The Labute approximate surface area is 140 Å². The summed E-state index contributed by atoms with van der Waals surface area (Å²) < 4.78 is 0. The molecule has 0 saturated carbocycles. The molecule has 0 aliphatic rings. The van der Waals surface area contributed by atoms with Gasteiger partial charge in [0.05, 0.1) is 6.04 Å². The van der Waals surface area contributed by atoms with Crippen molar-refractivity contribution in [1.82, 2.24) is 10.2 Å². The molecule has 0 bridgehead atoms. The molecule has 0 aliphatic carbocycles. The van der Waals surface area contributed by atoms with E-state index < -0.39 is 6.04 Å². The van der Waals surface area contributed by atoms with Crippen LogP contribution in [0.15, 0.2) is 24.3 Å². The van der Waals surface area contributed by atoms with E-state index in [0.717, 1.165) is 38.0 Å². The van der Waals surface area contributed by atoms with E-state index in [2.05, 4.69) is 36.2 Å². The average molecular weight is 328 g/mol. The van der Waals surface area contributed by atoms with Gasteiger partial charge in [-0.25, -0.2) is 0 Å². The highest BCUT2D eigenvalue weighted by molar-refractivity contribution is 5.85. The lowest BCUT2D eigenvalue weighted by Gasteiger charge is -2.18. The molecule has 1 atom stereocenters. The van der Waals surface area contributed by atoms with Crippen LogP contribution in [0, 0.1) is 0 Å². The number of carbonyl (C=O) groups is 1. The van der Waals surface area contributed by atoms with Crippen molar-refractivity contribution >= 4 is 18.3 Å². The number of carbonyl (C=O) groups excluding carboxylic acids is 1. The molecule has 0 heterocycles. The van der Waals surface area contributed by atoms with Gasteiger partial charge in [-0.3, -0.25) is 9.69 Å². The van der Waals surface area contributed by atoms with Gasteiger partial charge in [0.2, 0.25) is 5.91 Å². The zero-order valence-electron chi connectivity index (χ0n) is 14.0. The van der Waals surface area contributed by atoms with Crippen LogP contribution in [0.1, 0.15) is 44.7 Å². The molecule has 0 aromatic heterocycles. The van der Waals surface area contributed by atoms with E-state index in [1.807, 2.05) is 19.1 Å². The van der Waals surface area contributed by atoms with E-state index in [0.29, 0.717) is 6.54 Å². The summed E-state index contributed by atoms with van der Waals surface area (Å²) in [6.45, 7) is 9.95. The van der Waals surface area contributed by atoms with Gasteiger partial charge in [-0.2, -0.15) is 0 Å². The normalized spacial score (nSPS) is 11.9. The summed E-state index contributed by atoms with van der Waals surface area (Å²) in [6.07, 6.45) is 1.65. The average Bonchev–Trinajstić information content (AvgIpc) is 2.50. The fourth-order valence-electron chi connectivity index (χ4n) is 2.31. The molecular formula is C17H30ClN3O. The Morgan fingerprint density at radius 1 is 1.23 bits per heavy atom. The van der Waals surface area contributed by atoms with Crippen LogP contribution >= 0.6 is 12.4 Å². The van der Waals surface area contributed by atoms with Gasteiger partial charge in [0, 0.05) is 13.1 Å². The second kappa shape index (κ2) is 11.5. The summed E-state index contributed by atoms with van der Waals surface area (Å²) in [6, 6.07) is 7.98. The minimum atomic E-state index is -0.395. The Kier molecular flexibility index (Phi) is 10.9. The van der Waals surface area contributed by atoms with Crippen LogP contribution in [0.3, 0.4) is 0 Å². The minimum Gasteiger partial charge on any atom is -0.351 e. The molecular weight excluding hydrogens is 298 g/mol. The number of benzene rings is 1. The standard InChI is InChI=1S/C17H29N3O.ClH/c1-4-8-16(18)17(21)19-12-14-9-7-10-15(11-14)13-20(5-2)6-3;/h7,9-11,16H,4-6,8,12-13,18H2,1-3H3,(H,19,21);1H. The number of hydrogen-bond acceptors (Lipinski definition) is 3. The van der Waals surface area contributed by atoms with Crippen molar-refractivity contribution in [3.63, 3.8) is 0 Å². The first kappa shape index (κ1) is 20.9. The van der Waals surface area contributed by atoms with Crippen molar-refractivity contribution < 1.29 is 4.79 Å². The van der Waals surface area contributed by atoms with Crippen LogP contribution in [0.25, 0.3) is 0 Å². The smallest absolute Gasteiger partial charge is 0.237 e. The summed E-state index contributed by atoms with van der Waals surface area (Å²) in [5, 5.41) is 2.91. The molecule has 0 aliphatic heterocycles. The Morgan fingerprint density at radius 2 is 1.86 bits per heavy atom. The predicted molar refractivity (Wildman–Crippen MR) is 95.0 cm³/mol. The van der Waals surface area contributed by atoms with Gasteiger partial charge < -0.3 is 11.1 Å². The van der Waals surface area contributed by atoms with Crippen molar-refractivity contribution in [2.75, 3.05) is 13.1 Å². The molecule has 1 aromatic rings. The van der Waals surface area contributed by atoms with E-state index in [1.165, 1.54) is 5.56 Å². The van der Waals surface area contributed by atoms with E-state index >= 15 is 0 Å². The third-order valence-electron chi connectivity index (χ3n) is 3.70. The maximum absolute atomic E-state index is 11.8. The van der Waals surface area contributed by atoms with Gasteiger partial charge in [0.1, 0.15) is 0 Å². The van der Waals surface area contributed by atoms with Crippen molar-refractivity contribution in [2.45, 2.75) is 52.7 Å². The molecule has 1 aromatic carbocycles. The number of halogens is 1. The summed E-state index contributed by atoms with van der Waals surface area (Å²) in [7, 11) is 0. The van der Waals surface area contributed by atoms with E-state index in [9.17, 15) is 4.79 Å². The van der Waals surface area contributed by atoms with E-state index in [-0.39, 0.29) is 18.3 Å². The van der Waals surface area contributed by atoms with Crippen LogP contribution < -0.4 is 11.1 Å². The van der Waals surface area contributed by atoms with Crippen LogP contribution in [-0.2, 0) is 17.9 Å². The van der Waals surface area contributed by atoms with E-state index in [4.69, 9.17) is 5.73 Å². The lowest BCUT2D eigenvalue weighted by atomic mass is 10.1. The number of hydrogen-bond donors (Lipinski definition) is 2. The molecule has 1 rings (SSSR count). The molecule has 5 heteroatoms. The van der Waals surface area contributed by atoms with Gasteiger partial charge in [0.15, 0.2) is 0 Å². The van der Waals surface area contributed by atoms with Gasteiger partial charge in [-0.15, -0.1) is 12.4 Å². The second-order valence-electron chi connectivity index (χ2n) is 5.39. The first-order valence-corrected chi connectivity index (χ1v) is 7.94. The van der Waals surface area contributed by atoms with Gasteiger partial charge >= 0.3 is 0 Å². The molecule has 4 nitrogen and oxygen atoms in total. The first-order valence-electron chi connectivity index (χ1n) is 7.94. The zero-order chi connectivity index (χ0) is 15.7. The minimum absolute atomic E-state index is 0. The summed E-state index contributed by atoms with van der Waals surface area (Å²) >= 11 is 0. The van der Waals surface area contributed by atoms with Crippen LogP contribution in [0.4, 0.5) is 0 Å². The van der Waals surface area contributed by atoms with Gasteiger partial charge in [0.25, 0.3) is 0 Å². The molecule has 0 radical (unpaired) electrons. The first-order chi connectivity index (χ1) is 10.1. The predicted octanol–water partition coefficient (Wildman–Crippen LogP) is 2.69. The number of rotatable bonds is 9. The number of amides is 1. The third kappa shape index (κ3) is 7.25. The lowest BCUT2D eigenvalue weighted by molar-refractivity contribution is -0.122. The second-order valence-corrected chi connectivity index (χ2v) is 5.39. The molecule has 0 fully saturated rings. The topological polar surface area (TPSA) is 58.4 Å². The molecule has 0 spiro atoms. The molecule has 0 saturated heterocycles. The Hall–Kier alpha value is -1.10. The van der Waals surface area contributed by atoms with Crippen LogP contribution in [0.2, 0.25) is 0 Å². The Morgan fingerprint density at radius 3 is 2.45 bits per heavy atom. The van der Waals surface area contributed by atoms with Gasteiger partial charge in [-0.1, -0.05) is 51.5 Å². The molecule has 1 unspecified atom stereocenters. The summed E-state index contributed by atoms with van der Waals surface area (Å²) in [4.78, 5) is 14.2. The fraction of sp³-hybridized carbons (Fsp3) is 0.588. The summed E-state index contributed by atoms with van der Waals surface area (Å²) in [5.41, 5.74) is 8.21. The fourth-order valence-corrected chi connectivity index (χ4v) is 2.31. The maximum Gasteiger partial charge on any atom is 0.237 e. The number of nitrogens with one attached hydrogen (secondary N) is 1. The van der Waals surface area contributed by atoms with Crippen molar-refractivity contribution in [2.24, 2.45) is 5.73 Å². The Balaban J connectivity index is 0.00000441. The number of nitrogens with two attached hydrogens (primary N) is 1. The van der Waals surface area contributed by atoms with Crippen LogP contribution in [0.5, 0.6) is 0 Å². The molecule has 126 valence electrons. The van der Waals surface area contributed by atoms with Crippen molar-refractivity contribution in [3.8, 4) is 0 Å². The third-order valence-corrected chi connectivity index (χ3v) is 3.70. The highest BCUT2D eigenvalue weighted by Gasteiger charge is 2.11. The number of nitrogens with zero attached hydrogens (tertiary/aromatic N) is 1. The summed E-state index contributed by atoms with van der Waals surface area (Å²) in [5.74, 6) is -0.0639. The van der Waals surface area contributed by atoms with Crippen molar-refractivity contribution in [3.05, 3.63) is 35.4 Å². The maximum atomic E-state index is 11.8. The molecule has 1 amide bonds. The largest absolute Gasteiger partial charge is 0.351 e. The quantitative estimate of drug-likeness (QED) is 0.733. The molecule has 3 N–H and O–H groups in total. The van der Waals surface area contributed by atoms with E-state index in [1.54, 1.807) is 0 Å². The highest BCUT2D eigenvalue weighted by Crippen LogP contribution is 2.08. The van der Waals surface area contributed by atoms with Crippen LogP contribution in [-0.4, -0.2) is 29.9 Å². The highest BCUT2D eigenvalue weighted by atomic mass is 35.5. The SMILES string of the molecule is CCCC(N)C(=O)NCc1cccc(CN(CC)CC)c1.Cl. The zero-order valence-corrected chi connectivity index (χ0v) is 14.8. The monoisotopic (exact) mass is 327 g/mol. The Bertz CT molecular complexity index is 436. The lowest BCUT2D eigenvalue weighted by Crippen LogP contribution is -2.40. The van der Waals surface area contributed by atoms with Gasteiger partial charge in [-0.05, 0) is 30.6 Å².